The lowest BCUT2D eigenvalue weighted by molar-refractivity contribution is 0.860. The highest BCUT2D eigenvalue weighted by Crippen LogP contribution is 2.08. The average molecular weight is 212 g/mol. The van der Waals surface area contributed by atoms with Crippen LogP contribution in [0.1, 0.15) is 0 Å². The minimum atomic E-state index is -0.337. The molecule has 0 unspecified atom stereocenters. The summed E-state index contributed by atoms with van der Waals surface area (Å²) in [5, 5.41) is 0.497. The van der Waals surface area contributed by atoms with Gasteiger partial charge in [0, 0.05) is 7.05 Å². The van der Waals surface area contributed by atoms with E-state index in [2.05, 4.69) is 15.0 Å². The summed E-state index contributed by atoms with van der Waals surface area (Å²) in [7, 11) is 1.57. The quantitative estimate of drug-likeness (QED) is 0.501. The molecule has 0 atom stereocenters. The van der Waals surface area contributed by atoms with Gasteiger partial charge < -0.3 is 0 Å². The number of nitrogens with zero attached hydrogens (tertiary/aromatic N) is 2. The van der Waals surface area contributed by atoms with Gasteiger partial charge in [-0.25, -0.2) is 9.78 Å². The number of hydrogen-bond donors (Lipinski definition) is 2. The summed E-state index contributed by atoms with van der Waals surface area (Å²) in [6.07, 6.45) is 1.80. The van der Waals surface area contributed by atoms with Crippen molar-refractivity contribution in [2.45, 2.75) is 5.16 Å². The second kappa shape index (κ2) is 3.02. The molecule has 2 aromatic rings. The molecule has 14 heavy (non-hydrogen) atoms. The van der Waals surface area contributed by atoms with Crippen molar-refractivity contribution < 1.29 is 0 Å². The summed E-state index contributed by atoms with van der Waals surface area (Å²) < 4.78 is 1.31. The maximum atomic E-state index is 11.4. The number of imidazole rings is 1. The number of H-pyrrole nitrogens is 2. The first-order chi connectivity index (χ1) is 6.63. The Morgan fingerprint density at radius 3 is 2.71 bits per heavy atom. The first kappa shape index (κ1) is 9.07. The minimum Gasteiger partial charge on any atom is -0.300 e. The van der Waals surface area contributed by atoms with Gasteiger partial charge in [-0.05, 0) is 6.26 Å². The van der Waals surface area contributed by atoms with E-state index in [0.717, 1.165) is 0 Å². The maximum absolute atomic E-state index is 11.4. The number of aromatic amines is 2. The normalized spacial score (nSPS) is 11.0. The van der Waals surface area contributed by atoms with Crippen LogP contribution >= 0.6 is 11.8 Å². The average Bonchev–Trinajstić information content (AvgIpc) is 2.45. The highest BCUT2D eigenvalue weighted by molar-refractivity contribution is 7.98. The second-order valence-corrected chi connectivity index (χ2v) is 3.56. The van der Waals surface area contributed by atoms with Crippen LogP contribution in [0, 0.1) is 0 Å². The summed E-state index contributed by atoms with van der Waals surface area (Å²) in [5.41, 5.74) is -0.0632. The van der Waals surface area contributed by atoms with Gasteiger partial charge in [0.05, 0.1) is 0 Å². The van der Waals surface area contributed by atoms with Crippen LogP contribution in [-0.4, -0.2) is 25.8 Å². The molecule has 2 rings (SSSR count). The minimum absolute atomic E-state index is 0.218. The van der Waals surface area contributed by atoms with E-state index in [0.29, 0.717) is 10.8 Å². The van der Waals surface area contributed by atoms with Crippen molar-refractivity contribution in [3.05, 3.63) is 20.8 Å². The lowest BCUT2D eigenvalue weighted by atomic mass is 10.5. The summed E-state index contributed by atoms with van der Waals surface area (Å²) in [4.78, 5) is 31.7. The molecule has 0 aromatic carbocycles. The zero-order valence-electron chi connectivity index (χ0n) is 7.62. The molecule has 0 saturated carbocycles. The summed E-state index contributed by atoms with van der Waals surface area (Å²) >= 11 is 1.32. The monoisotopic (exact) mass is 212 g/mol. The van der Waals surface area contributed by atoms with Crippen molar-refractivity contribution in [3.8, 4) is 0 Å². The smallest absolute Gasteiger partial charge is 0.300 e. The predicted molar refractivity (Wildman–Crippen MR) is 53.7 cm³/mol. The van der Waals surface area contributed by atoms with Crippen molar-refractivity contribution in [1.29, 1.82) is 0 Å². The zero-order chi connectivity index (χ0) is 10.3. The van der Waals surface area contributed by atoms with E-state index in [-0.39, 0.29) is 16.8 Å². The Morgan fingerprint density at radius 2 is 2.07 bits per heavy atom. The Bertz CT molecular complexity index is 594. The van der Waals surface area contributed by atoms with E-state index in [1.54, 1.807) is 13.3 Å². The van der Waals surface area contributed by atoms with Gasteiger partial charge in [0.1, 0.15) is 0 Å². The van der Waals surface area contributed by atoms with Crippen LogP contribution in [0.15, 0.2) is 14.7 Å². The maximum Gasteiger partial charge on any atom is 0.327 e. The van der Waals surface area contributed by atoms with Crippen molar-refractivity contribution in [2.75, 3.05) is 6.26 Å². The summed E-state index contributed by atoms with van der Waals surface area (Å²) in [5.74, 6) is 0. The first-order valence-corrected chi connectivity index (χ1v) is 5.09. The molecular formula is C7H8N4O2S. The summed E-state index contributed by atoms with van der Waals surface area (Å²) in [6.45, 7) is 0. The fourth-order valence-corrected chi connectivity index (χ4v) is 1.55. The van der Waals surface area contributed by atoms with Gasteiger partial charge in [-0.15, -0.1) is 0 Å². The number of aromatic nitrogens is 4. The van der Waals surface area contributed by atoms with Crippen LogP contribution < -0.4 is 11.2 Å². The van der Waals surface area contributed by atoms with Gasteiger partial charge in [0.25, 0.3) is 5.56 Å². The number of nitrogens with one attached hydrogen (secondary N) is 2. The van der Waals surface area contributed by atoms with Gasteiger partial charge in [-0.3, -0.25) is 19.3 Å². The summed E-state index contributed by atoms with van der Waals surface area (Å²) in [6, 6.07) is 0. The molecule has 7 heteroatoms. The largest absolute Gasteiger partial charge is 0.327 e. The third-order valence-corrected chi connectivity index (χ3v) is 2.51. The molecule has 2 N–H and O–H groups in total. The van der Waals surface area contributed by atoms with Crippen LogP contribution in [0.2, 0.25) is 0 Å². The lowest BCUT2D eigenvalue weighted by Crippen LogP contribution is -2.12. The Balaban J connectivity index is 2.98. The zero-order valence-corrected chi connectivity index (χ0v) is 8.44. The number of hydrogen-bond acceptors (Lipinski definition) is 4. The van der Waals surface area contributed by atoms with E-state index in [4.69, 9.17) is 0 Å². The van der Waals surface area contributed by atoms with E-state index in [9.17, 15) is 9.59 Å². The number of fused-ring (bicyclic) bond motifs is 1. The molecule has 2 aromatic heterocycles. The molecule has 0 aliphatic carbocycles. The molecule has 0 aliphatic rings. The third kappa shape index (κ3) is 1.17. The van der Waals surface area contributed by atoms with Gasteiger partial charge in [-0.2, -0.15) is 0 Å². The van der Waals surface area contributed by atoms with E-state index < -0.39 is 0 Å². The SMILES string of the molecule is CSc1nc2c([nH]c(=O)n2C)c(=O)[nH]1. The van der Waals surface area contributed by atoms with Crippen molar-refractivity contribution in [3.63, 3.8) is 0 Å². The van der Waals surface area contributed by atoms with Crippen LogP contribution in [0.5, 0.6) is 0 Å². The first-order valence-electron chi connectivity index (χ1n) is 3.86. The third-order valence-electron chi connectivity index (χ3n) is 1.93. The Hall–Kier alpha value is -1.50. The Labute approximate surface area is 82.4 Å². The lowest BCUT2D eigenvalue weighted by Gasteiger charge is -1.95. The fraction of sp³-hybridized carbons (Fsp3) is 0.286. The fourth-order valence-electron chi connectivity index (χ4n) is 1.18. The van der Waals surface area contributed by atoms with E-state index in [1.165, 1.54) is 16.3 Å². The second-order valence-electron chi connectivity index (χ2n) is 2.76. The topological polar surface area (TPSA) is 83.5 Å². The van der Waals surface area contributed by atoms with Crippen molar-refractivity contribution in [1.82, 2.24) is 19.5 Å². The Kier molecular flexibility index (Phi) is 1.95. The van der Waals surface area contributed by atoms with Crippen LogP contribution in [0.25, 0.3) is 11.2 Å². The molecule has 0 amide bonds. The van der Waals surface area contributed by atoms with Crippen molar-refractivity contribution >= 4 is 22.9 Å². The van der Waals surface area contributed by atoms with Gasteiger partial charge in [0.15, 0.2) is 16.3 Å². The molecule has 0 spiro atoms. The van der Waals surface area contributed by atoms with Crippen molar-refractivity contribution in [2.24, 2.45) is 7.05 Å². The molecule has 74 valence electrons. The van der Waals surface area contributed by atoms with Gasteiger partial charge in [0.2, 0.25) is 0 Å². The van der Waals surface area contributed by atoms with E-state index >= 15 is 0 Å². The highest BCUT2D eigenvalue weighted by atomic mass is 32.2. The molecule has 6 nitrogen and oxygen atoms in total. The molecule has 2 heterocycles. The van der Waals surface area contributed by atoms with Gasteiger partial charge >= 0.3 is 5.69 Å². The molecule has 0 aliphatic heterocycles. The number of thioether (sulfide) groups is 1. The van der Waals surface area contributed by atoms with Crippen LogP contribution in [-0.2, 0) is 7.05 Å². The standard InChI is InChI=1S/C7H8N4O2S/c1-11-4-3(8-7(11)13)5(12)10-6(9-4)14-2/h1-2H3,(H,8,13)(H,9,10,12). The predicted octanol–water partition coefficient (Wildman–Crippen LogP) is -0.328. The molecule has 0 radical (unpaired) electrons. The van der Waals surface area contributed by atoms with E-state index in [1.807, 2.05) is 0 Å². The number of rotatable bonds is 1. The highest BCUT2D eigenvalue weighted by Gasteiger charge is 2.09. The van der Waals surface area contributed by atoms with Crippen LogP contribution in [0.4, 0.5) is 0 Å². The molecular weight excluding hydrogens is 204 g/mol. The van der Waals surface area contributed by atoms with Gasteiger partial charge in [-0.1, -0.05) is 11.8 Å². The Morgan fingerprint density at radius 1 is 1.36 bits per heavy atom. The van der Waals surface area contributed by atoms with Crippen LogP contribution in [0.3, 0.4) is 0 Å². The molecule has 0 fully saturated rings. The molecule has 0 saturated heterocycles. The number of aryl methyl sites for hydroxylation is 1. The molecule has 0 bridgehead atoms.